The summed E-state index contributed by atoms with van der Waals surface area (Å²) in [6, 6.07) is 13.2. The summed E-state index contributed by atoms with van der Waals surface area (Å²) >= 11 is 5.04. The predicted octanol–water partition coefficient (Wildman–Crippen LogP) is 3.74. The number of amides is 2. The van der Waals surface area contributed by atoms with E-state index in [9.17, 15) is 9.59 Å². The number of hydrogen-bond acceptors (Lipinski definition) is 3. The molecule has 0 saturated carbocycles. The number of carbonyl (C=O) groups is 2. The molecule has 1 N–H and O–H groups in total. The van der Waals surface area contributed by atoms with Gasteiger partial charge in [-0.2, -0.15) is 0 Å². The number of rotatable bonds is 6. The van der Waals surface area contributed by atoms with Crippen LogP contribution >= 0.6 is 27.3 Å². The Morgan fingerprint density at radius 2 is 1.91 bits per heavy atom. The minimum atomic E-state index is -0.307. The fourth-order valence-electron chi connectivity index (χ4n) is 2.27. The third-order valence-corrected chi connectivity index (χ3v) is 5.01. The molecule has 0 bridgehead atoms. The summed E-state index contributed by atoms with van der Waals surface area (Å²) in [5.74, 6) is -0.145. The molecule has 1 aromatic carbocycles. The van der Waals surface area contributed by atoms with Crippen molar-refractivity contribution in [2.75, 3.05) is 7.05 Å². The second-order valence-electron chi connectivity index (χ2n) is 5.32. The van der Waals surface area contributed by atoms with Gasteiger partial charge in [0.05, 0.1) is 22.8 Å². The molecule has 0 aliphatic heterocycles. The first-order chi connectivity index (χ1) is 11.0. The molecule has 6 heteroatoms. The average molecular weight is 395 g/mol. The van der Waals surface area contributed by atoms with Crippen LogP contribution in [0.1, 0.15) is 29.8 Å². The van der Waals surface area contributed by atoms with Crippen LogP contribution in [0.4, 0.5) is 0 Å². The van der Waals surface area contributed by atoms with E-state index in [1.165, 1.54) is 6.92 Å². The van der Waals surface area contributed by atoms with Crippen molar-refractivity contribution >= 4 is 39.1 Å². The van der Waals surface area contributed by atoms with Gasteiger partial charge in [0.1, 0.15) is 0 Å². The molecular weight excluding hydrogens is 376 g/mol. The lowest BCUT2D eigenvalue weighted by atomic mass is 10.0. The van der Waals surface area contributed by atoms with Gasteiger partial charge in [-0.3, -0.25) is 9.59 Å². The molecule has 1 heterocycles. The van der Waals surface area contributed by atoms with Crippen LogP contribution in [0.15, 0.2) is 46.3 Å². The molecule has 2 amide bonds. The van der Waals surface area contributed by atoms with E-state index in [1.54, 1.807) is 23.3 Å². The molecule has 0 aliphatic rings. The van der Waals surface area contributed by atoms with Crippen molar-refractivity contribution in [3.8, 4) is 0 Å². The van der Waals surface area contributed by atoms with Crippen molar-refractivity contribution in [3.63, 3.8) is 0 Å². The highest BCUT2D eigenvalue weighted by Crippen LogP contribution is 2.24. The fraction of sp³-hybridized carbons (Fsp3) is 0.294. The number of nitrogens with zero attached hydrogens (tertiary/aromatic N) is 1. The van der Waals surface area contributed by atoms with Crippen LogP contribution in [-0.4, -0.2) is 23.8 Å². The molecule has 0 radical (unpaired) electrons. The molecule has 0 aliphatic carbocycles. The van der Waals surface area contributed by atoms with Crippen molar-refractivity contribution in [1.29, 1.82) is 0 Å². The number of carbonyl (C=O) groups excluding carboxylic acids is 2. The Morgan fingerprint density at radius 1 is 1.22 bits per heavy atom. The zero-order valence-corrected chi connectivity index (χ0v) is 15.5. The largest absolute Gasteiger partial charge is 0.349 e. The smallest absolute Gasteiger partial charge is 0.225 e. The molecular formula is C17H19BrN2O2S. The minimum Gasteiger partial charge on any atom is -0.349 e. The quantitative estimate of drug-likeness (QED) is 0.810. The lowest BCUT2D eigenvalue weighted by Gasteiger charge is -2.22. The van der Waals surface area contributed by atoms with Crippen LogP contribution < -0.4 is 5.32 Å². The zero-order chi connectivity index (χ0) is 16.8. The van der Waals surface area contributed by atoms with Crippen LogP contribution in [0.3, 0.4) is 0 Å². The van der Waals surface area contributed by atoms with E-state index in [4.69, 9.17) is 0 Å². The van der Waals surface area contributed by atoms with Crippen molar-refractivity contribution in [1.82, 2.24) is 10.2 Å². The van der Waals surface area contributed by atoms with Crippen molar-refractivity contribution in [3.05, 3.63) is 56.7 Å². The van der Waals surface area contributed by atoms with Gasteiger partial charge >= 0.3 is 0 Å². The molecule has 0 spiro atoms. The summed E-state index contributed by atoms with van der Waals surface area (Å²) in [7, 11) is 1.78. The first kappa shape index (κ1) is 17.7. The SMILES string of the molecule is CC(=O)N[C@H](CC(=O)N(C)Cc1ccc(Br)s1)c1ccccc1. The van der Waals surface area contributed by atoms with Gasteiger partial charge in [-0.05, 0) is 33.6 Å². The average Bonchev–Trinajstić information content (AvgIpc) is 2.92. The van der Waals surface area contributed by atoms with Crippen molar-refractivity contribution in [2.45, 2.75) is 25.9 Å². The maximum Gasteiger partial charge on any atom is 0.225 e. The van der Waals surface area contributed by atoms with E-state index in [1.807, 2.05) is 42.5 Å². The molecule has 0 saturated heterocycles. The van der Waals surface area contributed by atoms with Gasteiger partial charge in [0.25, 0.3) is 0 Å². The van der Waals surface area contributed by atoms with Gasteiger partial charge in [0.2, 0.25) is 11.8 Å². The standard InChI is InChI=1S/C17H19BrN2O2S/c1-12(21)19-15(13-6-4-3-5-7-13)10-17(22)20(2)11-14-8-9-16(18)23-14/h3-9,15H,10-11H2,1-2H3,(H,19,21)/t15-/m1/s1. The predicted molar refractivity (Wildman–Crippen MR) is 96.1 cm³/mol. The Bertz CT molecular complexity index is 672. The van der Waals surface area contributed by atoms with Crippen LogP contribution in [0, 0.1) is 0 Å². The molecule has 1 atom stereocenters. The third kappa shape index (κ3) is 5.48. The Hall–Kier alpha value is -1.66. The summed E-state index contributed by atoms with van der Waals surface area (Å²) in [4.78, 5) is 26.7. The van der Waals surface area contributed by atoms with E-state index in [0.717, 1.165) is 14.2 Å². The summed E-state index contributed by atoms with van der Waals surface area (Å²) in [6.07, 6.45) is 0.243. The lowest BCUT2D eigenvalue weighted by Crippen LogP contribution is -2.33. The number of benzene rings is 1. The molecule has 2 aromatic rings. The zero-order valence-electron chi connectivity index (χ0n) is 13.1. The monoisotopic (exact) mass is 394 g/mol. The molecule has 4 nitrogen and oxygen atoms in total. The summed E-state index contributed by atoms with van der Waals surface area (Å²) < 4.78 is 1.05. The Morgan fingerprint density at radius 3 is 2.48 bits per heavy atom. The molecule has 23 heavy (non-hydrogen) atoms. The van der Waals surface area contributed by atoms with Gasteiger partial charge in [-0.25, -0.2) is 0 Å². The highest BCUT2D eigenvalue weighted by Gasteiger charge is 2.19. The maximum atomic E-state index is 12.5. The molecule has 0 unspecified atom stereocenters. The number of thiophene rings is 1. The van der Waals surface area contributed by atoms with Gasteiger partial charge in [-0.15, -0.1) is 11.3 Å². The lowest BCUT2D eigenvalue weighted by molar-refractivity contribution is -0.131. The normalized spacial score (nSPS) is 11.8. The maximum absolute atomic E-state index is 12.5. The van der Waals surface area contributed by atoms with Gasteiger partial charge in [0.15, 0.2) is 0 Å². The Labute approximate surface area is 148 Å². The third-order valence-electron chi connectivity index (χ3n) is 3.41. The van der Waals surface area contributed by atoms with Crippen LogP contribution in [0.25, 0.3) is 0 Å². The van der Waals surface area contributed by atoms with Crippen LogP contribution in [-0.2, 0) is 16.1 Å². The number of halogens is 1. The summed E-state index contributed by atoms with van der Waals surface area (Å²) in [6.45, 7) is 2.03. The van der Waals surface area contributed by atoms with Gasteiger partial charge in [-0.1, -0.05) is 30.3 Å². The minimum absolute atomic E-state index is 0.00266. The molecule has 0 fully saturated rings. The van der Waals surface area contributed by atoms with E-state index >= 15 is 0 Å². The van der Waals surface area contributed by atoms with E-state index in [-0.39, 0.29) is 24.3 Å². The first-order valence-corrected chi connectivity index (χ1v) is 8.87. The Kier molecular flexibility index (Phi) is 6.36. The fourth-order valence-corrected chi connectivity index (χ4v) is 3.81. The summed E-state index contributed by atoms with van der Waals surface area (Å²) in [5, 5.41) is 2.86. The highest BCUT2D eigenvalue weighted by molar-refractivity contribution is 9.11. The van der Waals surface area contributed by atoms with Crippen molar-refractivity contribution < 1.29 is 9.59 Å². The Balaban J connectivity index is 2.03. The number of hydrogen-bond donors (Lipinski definition) is 1. The van der Waals surface area contributed by atoms with Crippen LogP contribution in [0.5, 0.6) is 0 Å². The second kappa shape index (κ2) is 8.26. The number of nitrogens with one attached hydrogen (secondary N) is 1. The molecule has 1 aromatic heterocycles. The topological polar surface area (TPSA) is 49.4 Å². The highest BCUT2D eigenvalue weighted by atomic mass is 79.9. The first-order valence-electron chi connectivity index (χ1n) is 7.26. The van der Waals surface area contributed by atoms with Gasteiger partial charge < -0.3 is 10.2 Å². The van der Waals surface area contributed by atoms with Crippen molar-refractivity contribution in [2.24, 2.45) is 0 Å². The van der Waals surface area contributed by atoms with E-state index < -0.39 is 0 Å². The van der Waals surface area contributed by atoms with Crippen LogP contribution in [0.2, 0.25) is 0 Å². The van der Waals surface area contributed by atoms with E-state index in [2.05, 4.69) is 21.2 Å². The van der Waals surface area contributed by atoms with E-state index in [0.29, 0.717) is 6.54 Å². The summed E-state index contributed by atoms with van der Waals surface area (Å²) in [5.41, 5.74) is 0.934. The molecule has 2 rings (SSSR count). The second-order valence-corrected chi connectivity index (χ2v) is 7.87. The van der Waals surface area contributed by atoms with Gasteiger partial charge in [0, 0.05) is 18.8 Å². The molecule has 122 valence electrons.